The Hall–Kier alpha value is -0.780. The van der Waals surface area contributed by atoms with Gasteiger partial charge in [-0.25, -0.2) is 0 Å². The highest BCUT2D eigenvalue weighted by Crippen LogP contribution is 2.50. The van der Waals surface area contributed by atoms with Gasteiger partial charge in [0.25, 0.3) is 0 Å². The Balaban J connectivity index is 1.57. The van der Waals surface area contributed by atoms with Crippen LogP contribution < -0.4 is 0 Å². The molecule has 0 N–H and O–H groups in total. The highest BCUT2D eigenvalue weighted by atomic mass is 14.4. The van der Waals surface area contributed by atoms with Crippen LogP contribution in [0.15, 0.2) is 35.5 Å². The van der Waals surface area contributed by atoms with Crippen molar-refractivity contribution in [3.63, 3.8) is 0 Å². The number of hydrogen-bond donors (Lipinski definition) is 0. The molecule has 0 spiro atoms. The molecule has 0 amide bonds. The minimum absolute atomic E-state index is 0.666. The number of hydrogen-bond acceptors (Lipinski definition) is 0. The van der Waals surface area contributed by atoms with Crippen LogP contribution in [0.3, 0.4) is 0 Å². The van der Waals surface area contributed by atoms with Gasteiger partial charge in [-0.05, 0) is 80.5 Å². The summed E-state index contributed by atoms with van der Waals surface area (Å²) in [5, 5.41) is 0. The van der Waals surface area contributed by atoms with E-state index >= 15 is 0 Å². The molecule has 3 aliphatic carbocycles. The molecule has 0 radical (unpaired) electrons. The van der Waals surface area contributed by atoms with Crippen molar-refractivity contribution in [3.05, 3.63) is 35.5 Å². The van der Waals surface area contributed by atoms with E-state index in [1.54, 1.807) is 11.1 Å². The number of fused-ring (bicyclic) bond motifs is 1. The molecule has 0 saturated heterocycles. The molecule has 27 heavy (non-hydrogen) atoms. The molecule has 0 aromatic carbocycles. The van der Waals surface area contributed by atoms with Gasteiger partial charge < -0.3 is 0 Å². The van der Waals surface area contributed by atoms with Gasteiger partial charge in [0, 0.05) is 0 Å². The van der Waals surface area contributed by atoms with E-state index < -0.39 is 0 Å². The smallest absolute Gasteiger partial charge is 0.0169 e. The van der Waals surface area contributed by atoms with Crippen molar-refractivity contribution >= 4 is 0 Å². The fourth-order valence-electron chi connectivity index (χ4n) is 6.28. The monoisotopic (exact) mass is 368 g/mol. The van der Waals surface area contributed by atoms with Crippen LogP contribution in [0, 0.1) is 35.5 Å². The summed E-state index contributed by atoms with van der Waals surface area (Å²) in [6, 6.07) is 0. The summed E-state index contributed by atoms with van der Waals surface area (Å²) in [6.45, 7) is 13.8. The molecule has 0 aromatic rings. The zero-order valence-electron chi connectivity index (χ0n) is 18.6. The van der Waals surface area contributed by atoms with Crippen LogP contribution in [0.2, 0.25) is 0 Å². The average molecular weight is 369 g/mol. The second-order valence-electron chi connectivity index (χ2n) is 10.5. The topological polar surface area (TPSA) is 0 Å². The van der Waals surface area contributed by atoms with E-state index in [2.05, 4.69) is 46.4 Å². The lowest BCUT2D eigenvalue weighted by Crippen LogP contribution is -2.21. The van der Waals surface area contributed by atoms with Crippen LogP contribution in [0.4, 0.5) is 0 Å². The normalized spacial score (nSPS) is 35.7. The maximum atomic E-state index is 4.31. The van der Waals surface area contributed by atoms with E-state index in [1.165, 1.54) is 76.2 Å². The van der Waals surface area contributed by atoms with Gasteiger partial charge in [-0.15, -0.1) is 0 Å². The first kappa shape index (κ1) is 20.9. The average Bonchev–Trinajstić information content (AvgIpc) is 3.05. The third kappa shape index (κ3) is 5.39. The standard InChI is InChI=1S/C27H44/c1-19(2)9-6-7-10-24-15-16-27-25(11-8-12-26(24)27)14-13-23-17-20(3)22(5)21(4)18-23/h13-14,19-21,24,26-27H,5-12,15-18H2,1-4H3/b25-14+/t20-,21-,24+,26-,27+/m1/s1. The number of unbranched alkanes of at least 4 members (excludes halogenated alkanes) is 1. The molecule has 5 atom stereocenters. The first-order valence-corrected chi connectivity index (χ1v) is 12.0. The lowest BCUT2D eigenvalue weighted by atomic mass is 9.73. The van der Waals surface area contributed by atoms with Crippen LogP contribution in [0.5, 0.6) is 0 Å². The maximum absolute atomic E-state index is 4.31. The zero-order valence-corrected chi connectivity index (χ0v) is 18.6. The molecule has 0 heteroatoms. The fourth-order valence-corrected chi connectivity index (χ4v) is 6.28. The summed E-state index contributed by atoms with van der Waals surface area (Å²) < 4.78 is 0. The van der Waals surface area contributed by atoms with Crippen molar-refractivity contribution in [3.8, 4) is 0 Å². The minimum atomic E-state index is 0.666. The van der Waals surface area contributed by atoms with Crippen molar-refractivity contribution in [2.45, 2.75) is 98.3 Å². The summed E-state index contributed by atoms with van der Waals surface area (Å²) in [5.41, 5.74) is 4.93. The lowest BCUT2D eigenvalue weighted by Gasteiger charge is -2.32. The van der Waals surface area contributed by atoms with Crippen LogP contribution in [0.25, 0.3) is 0 Å². The number of rotatable bonds is 6. The number of allylic oxidation sites excluding steroid dienone is 5. The van der Waals surface area contributed by atoms with Gasteiger partial charge in [-0.1, -0.05) is 88.8 Å². The predicted molar refractivity (Wildman–Crippen MR) is 120 cm³/mol. The second kappa shape index (κ2) is 9.62. The van der Waals surface area contributed by atoms with E-state index in [9.17, 15) is 0 Å². The van der Waals surface area contributed by atoms with Crippen LogP contribution >= 0.6 is 0 Å². The van der Waals surface area contributed by atoms with Gasteiger partial charge in [0.05, 0.1) is 0 Å². The summed E-state index contributed by atoms with van der Waals surface area (Å²) >= 11 is 0. The molecule has 0 bridgehead atoms. The van der Waals surface area contributed by atoms with Crippen LogP contribution in [-0.2, 0) is 0 Å². The quantitative estimate of drug-likeness (QED) is 0.325. The van der Waals surface area contributed by atoms with Gasteiger partial charge >= 0.3 is 0 Å². The highest BCUT2D eigenvalue weighted by Gasteiger charge is 2.39. The molecule has 3 fully saturated rings. The SMILES string of the molecule is C=C1[C@H](C)CC(=C/C=C2\CCC[C@@H]3[C@@H](CCCCC(C)C)CC[C@@H]23)C[C@H]1C. The third-order valence-corrected chi connectivity index (χ3v) is 7.99. The second-order valence-corrected chi connectivity index (χ2v) is 10.5. The van der Waals surface area contributed by atoms with Gasteiger partial charge in [-0.2, -0.15) is 0 Å². The van der Waals surface area contributed by atoms with Crippen molar-refractivity contribution < 1.29 is 0 Å². The molecule has 0 heterocycles. The van der Waals surface area contributed by atoms with Gasteiger partial charge in [0.1, 0.15) is 0 Å². The summed E-state index contributed by atoms with van der Waals surface area (Å²) in [6.07, 6.45) is 20.7. The molecular weight excluding hydrogens is 324 g/mol. The van der Waals surface area contributed by atoms with E-state index in [0.717, 1.165) is 23.7 Å². The Bertz CT molecular complexity index is 545. The lowest BCUT2D eigenvalue weighted by molar-refractivity contribution is 0.261. The Morgan fingerprint density at radius 2 is 1.74 bits per heavy atom. The largest absolute Gasteiger partial charge is 0.0993 e. The molecule has 3 aliphatic rings. The Labute approximate surface area is 169 Å². The molecule has 3 rings (SSSR count). The van der Waals surface area contributed by atoms with Crippen molar-refractivity contribution in [1.82, 2.24) is 0 Å². The summed E-state index contributed by atoms with van der Waals surface area (Å²) in [5.74, 6) is 5.15. The molecule has 3 saturated carbocycles. The maximum Gasteiger partial charge on any atom is -0.0169 e. The van der Waals surface area contributed by atoms with Gasteiger partial charge in [0.15, 0.2) is 0 Å². The molecule has 0 nitrogen and oxygen atoms in total. The molecule has 0 unspecified atom stereocenters. The fraction of sp³-hybridized carbons (Fsp3) is 0.778. The summed E-state index contributed by atoms with van der Waals surface area (Å²) in [7, 11) is 0. The van der Waals surface area contributed by atoms with Crippen molar-refractivity contribution in [1.29, 1.82) is 0 Å². The summed E-state index contributed by atoms with van der Waals surface area (Å²) in [4.78, 5) is 0. The molecule has 0 aliphatic heterocycles. The van der Waals surface area contributed by atoms with Crippen LogP contribution in [-0.4, -0.2) is 0 Å². The van der Waals surface area contributed by atoms with Gasteiger partial charge in [-0.3, -0.25) is 0 Å². The van der Waals surface area contributed by atoms with E-state index in [1.807, 2.05) is 0 Å². The minimum Gasteiger partial charge on any atom is -0.0993 e. The first-order valence-electron chi connectivity index (χ1n) is 12.0. The predicted octanol–water partition coefficient (Wildman–Crippen LogP) is 8.50. The van der Waals surface area contributed by atoms with Crippen LogP contribution in [0.1, 0.15) is 98.3 Å². The first-order chi connectivity index (χ1) is 13.0. The van der Waals surface area contributed by atoms with Crippen molar-refractivity contribution in [2.75, 3.05) is 0 Å². The molecular formula is C27H44. The van der Waals surface area contributed by atoms with Crippen molar-refractivity contribution in [2.24, 2.45) is 35.5 Å². The Morgan fingerprint density at radius 1 is 1.00 bits per heavy atom. The van der Waals surface area contributed by atoms with E-state index in [0.29, 0.717) is 11.8 Å². The zero-order chi connectivity index (χ0) is 19.4. The Kier molecular flexibility index (Phi) is 7.46. The Morgan fingerprint density at radius 3 is 2.44 bits per heavy atom. The highest BCUT2D eigenvalue weighted by molar-refractivity contribution is 5.27. The molecule has 152 valence electrons. The van der Waals surface area contributed by atoms with Gasteiger partial charge in [0.2, 0.25) is 0 Å². The van der Waals surface area contributed by atoms with E-state index in [-0.39, 0.29) is 0 Å². The van der Waals surface area contributed by atoms with E-state index in [4.69, 9.17) is 0 Å². The molecule has 0 aromatic heterocycles. The third-order valence-electron chi connectivity index (χ3n) is 7.99.